The van der Waals surface area contributed by atoms with Gasteiger partial charge >= 0.3 is 11.6 Å². The van der Waals surface area contributed by atoms with E-state index in [0.717, 1.165) is 12.5 Å². The van der Waals surface area contributed by atoms with Crippen molar-refractivity contribution in [1.82, 2.24) is 4.90 Å². The van der Waals surface area contributed by atoms with E-state index in [1.54, 1.807) is 17.0 Å². The molecule has 0 spiro atoms. The number of aliphatic hydroxyl groups excluding tert-OH is 1. The molecule has 1 saturated heterocycles. The largest absolute Gasteiger partial charge is 0.481 e. The standard InChI is InChI=1S/C25H23ClFNO6/c26-21-10-16(27)4-6-17(21)19-11-24(32)34-22-9-15(3-5-18(19)22)20(13-29)25(33)28-7-1-2-14(12-28)8-23(30)31/h3-6,9-11,14,20,29H,1-2,7-8,12-13H2,(H,30,31)/t14-,20+/m1/s1. The van der Waals surface area contributed by atoms with Crippen molar-refractivity contribution in [2.24, 2.45) is 5.92 Å². The molecule has 1 aliphatic rings. The molecule has 0 saturated carbocycles. The highest BCUT2D eigenvalue weighted by molar-refractivity contribution is 6.33. The fourth-order valence-corrected chi connectivity index (χ4v) is 4.82. The van der Waals surface area contributed by atoms with Crippen LogP contribution in [0.5, 0.6) is 0 Å². The highest BCUT2D eigenvalue weighted by Crippen LogP contribution is 2.34. The number of carboxylic acid groups (broad SMARTS) is 1. The van der Waals surface area contributed by atoms with Gasteiger partial charge < -0.3 is 19.5 Å². The number of hydrogen-bond donors (Lipinski definition) is 2. The summed E-state index contributed by atoms with van der Waals surface area (Å²) in [5.41, 5.74) is 0.947. The van der Waals surface area contributed by atoms with Crippen LogP contribution < -0.4 is 5.63 Å². The van der Waals surface area contributed by atoms with Gasteiger partial charge in [-0.1, -0.05) is 23.7 Å². The van der Waals surface area contributed by atoms with Crippen LogP contribution in [-0.4, -0.2) is 46.7 Å². The van der Waals surface area contributed by atoms with E-state index in [9.17, 15) is 23.9 Å². The van der Waals surface area contributed by atoms with E-state index in [-0.39, 0.29) is 28.9 Å². The summed E-state index contributed by atoms with van der Waals surface area (Å²) >= 11 is 6.20. The Hall–Kier alpha value is -3.23. The monoisotopic (exact) mass is 487 g/mol. The molecule has 0 bridgehead atoms. The molecule has 2 N–H and O–H groups in total. The Balaban J connectivity index is 1.68. The second-order valence-corrected chi connectivity index (χ2v) is 8.89. The highest BCUT2D eigenvalue weighted by Gasteiger charge is 2.30. The van der Waals surface area contributed by atoms with Gasteiger partial charge in [-0.15, -0.1) is 0 Å². The summed E-state index contributed by atoms with van der Waals surface area (Å²) in [7, 11) is 0. The maximum atomic E-state index is 13.5. The Labute approximate surface area is 199 Å². The molecule has 3 aromatic rings. The van der Waals surface area contributed by atoms with E-state index in [2.05, 4.69) is 0 Å². The molecule has 34 heavy (non-hydrogen) atoms. The molecule has 0 radical (unpaired) electrons. The molecule has 2 aromatic carbocycles. The molecule has 1 fully saturated rings. The van der Waals surface area contributed by atoms with Gasteiger partial charge in [-0.3, -0.25) is 9.59 Å². The first-order valence-corrected chi connectivity index (χ1v) is 11.3. The number of rotatable bonds is 6. The summed E-state index contributed by atoms with van der Waals surface area (Å²) < 4.78 is 18.9. The van der Waals surface area contributed by atoms with Crippen molar-refractivity contribution in [3.8, 4) is 11.1 Å². The molecule has 7 nitrogen and oxygen atoms in total. The topological polar surface area (TPSA) is 108 Å². The third kappa shape index (κ3) is 4.98. The van der Waals surface area contributed by atoms with Crippen molar-refractivity contribution in [3.05, 3.63) is 69.3 Å². The molecule has 4 rings (SSSR count). The lowest BCUT2D eigenvalue weighted by Crippen LogP contribution is -2.43. The summed E-state index contributed by atoms with van der Waals surface area (Å²) in [5.74, 6) is -2.74. The maximum absolute atomic E-state index is 13.5. The van der Waals surface area contributed by atoms with Crippen LogP contribution in [0.1, 0.15) is 30.7 Å². The van der Waals surface area contributed by atoms with E-state index in [4.69, 9.17) is 21.1 Å². The van der Waals surface area contributed by atoms with Crippen LogP contribution in [0.4, 0.5) is 4.39 Å². The van der Waals surface area contributed by atoms with Crippen molar-refractivity contribution < 1.29 is 28.6 Å². The first-order valence-electron chi connectivity index (χ1n) is 10.9. The molecule has 0 unspecified atom stereocenters. The Morgan fingerprint density at radius 3 is 2.68 bits per heavy atom. The number of carboxylic acids is 1. The van der Waals surface area contributed by atoms with Crippen molar-refractivity contribution >= 4 is 34.4 Å². The highest BCUT2D eigenvalue weighted by atomic mass is 35.5. The van der Waals surface area contributed by atoms with Crippen LogP contribution in [0, 0.1) is 11.7 Å². The van der Waals surface area contributed by atoms with Crippen molar-refractivity contribution in [2.45, 2.75) is 25.2 Å². The number of hydrogen-bond acceptors (Lipinski definition) is 5. The molecule has 1 amide bonds. The molecular weight excluding hydrogens is 465 g/mol. The Bertz CT molecular complexity index is 1310. The van der Waals surface area contributed by atoms with E-state index in [0.29, 0.717) is 41.6 Å². The van der Waals surface area contributed by atoms with Crippen molar-refractivity contribution in [3.63, 3.8) is 0 Å². The normalized spacial score (nSPS) is 17.0. The minimum absolute atomic E-state index is 0.0105. The van der Waals surface area contributed by atoms with Crippen LogP contribution in [0.3, 0.4) is 0 Å². The van der Waals surface area contributed by atoms with Crippen LogP contribution in [0.15, 0.2) is 51.7 Å². The predicted octanol–water partition coefficient (Wildman–Crippen LogP) is 4.04. The second-order valence-electron chi connectivity index (χ2n) is 8.48. The quantitative estimate of drug-likeness (QED) is 0.508. The third-order valence-electron chi connectivity index (χ3n) is 6.17. The Kier molecular flexibility index (Phi) is 7.00. The van der Waals surface area contributed by atoms with Crippen LogP contribution in [-0.2, 0) is 9.59 Å². The number of halogens is 2. The minimum Gasteiger partial charge on any atom is -0.481 e. The summed E-state index contributed by atoms with van der Waals surface area (Å²) in [4.78, 5) is 38.1. The molecule has 1 aromatic heterocycles. The lowest BCUT2D eigenvalue weighted by Gasteiger charge is -2.34. The molecule has 178 valence electrons. The van der Waals surface area contributed by atoms with Gasteiger partial charge in [0, 0.05) is 42.1 Å². The van der Waals surface area contributed by atoms with E-state index in [1.807, 2.05) is 0 Å². The first kappa shape index (κ1) is 23.9. The number of likely N-dealkylation sites (tertiary alicyclic amines) is 1. The average Bonchev–Trinajstić information content (AvgIpc) is 2.78. The molecule has 0 aliphatic carbocycles. The zero-order valence-electron chi connectivity index (χ0n) is 18.2. The molecule has 2 atom stereocenters. The second kappa shape index (κ2) is 9.95. The number of nitrogens with zero attached hydrogens (tertiary/aromatic N) is 1. The van der Waals surface area contributed by atoms with E-state index < -0.39 is 29.9 Å². The number of piperidine rings is 1. The summed E-state index contributed by atoms with van der Waals surface area (Å²) in [6.45, 7) is 0.344. The average molecular weight is 488 g/mol. The Morgan fingerprint density at radius 2 is 1.97 bits per heavy atom. The predicted molar refractivity (Wildman–Crippen MR) is 124 cm³/mol. The lowest BCUT2D eigenvalue weighted by atomic mass is 9.91. The minimum atomic E-state index is -0.903. The number of aliphatic carboxylic acids is 1. The molecule has 2 heterocycles. The summed E-state index contributed by atoms with van der Waals surface area (Å²) in [6, 6.07) is 10.0. The van der Waals surface area contributed by atoms with Gasteiger partial charge in [0.2, 0.25) is 5.91 Å². The zero-order valence-corrected chi connectivity index (χ0v) is 18.9. The SMILES string of the molecule is O=C(O)C[C@H]1CCCN(C(=O)[C@@H](CO)c2ccc3c(-c4ccc(F)cc4Cl)cc(=O)oc3c2)C1. The molecule has 1 aliphatic heterocycles. The van der Waals surface area contributed by atoms with E-state index >= 15 is 0 Å². The van der Waals surface area contributed by atoms with Gasteiger partial charge in [-0.05, 0) is 48.6 Å². The van der Waals surface area contributed by atoms with E-state index in [1.165, 1.54) is 24.3 Å². The van der Waals surface area contributed by atoms with Gasteiger partial charge in [0.25, 0.3) is 0 Å². The van der Waals surface area contributed by atoms with Gasteiger partial charge in [-0.2, -0.15) is 0 Å². The zero-order chi connectivity index (χ0) is 24.4. The van der Waals surface area contributed by atoms with Gasteiger partial charge in [0.1, 0.15) is 11.4 Å². The fourth-order valence-electron chi connectivity index (χ4n) is 4.55. The maximum Gasteiger partial charge on any atom is 0.336 e. The molecular formula is C25H23ClFNO6. The lowest BCUT2D eigenvalue weighted by molar-refractivity contribution is -0.141. The van der Waals surface area contributed by atoms with Gasteiger partial charge in [-0.25, -0.2) is 9.18 Å². The van der Waals surface area contributed by atoms with Crippen LogP contribution >= 0.6 is 11.6 Å². The smallest absolute Gasteiger partial charge is 0.336 e. The number of carbonyl (C=O) groups excluding carboxylic acids is 1. The fraction of sp³-hybridized carbons (Fsp3) is 0.320. The van der Waals surface area contributed by atoms with Gasteiger partial charge in [0.05, 0.1) is 17.5 Å². The Morgan fingerprint density at radius 1 is 1.18 bits per heavy atom. The summed E-state index contributed by atoms with van der Waals surface area (Å²) in [6.07, 6.45) is 1.41. The van der Waals surface area contributed by atoms with Crippen LogP contribution in [0.2, 0.25) is 5.02 Å². The van der Waals surface area contributed by atoms with Crippen LogP contribution in [0.25, 0.3) is 22.1 Å². The third-order valence-corrected chi connectivity index (χ3v) is 6.48. The summed E-state index contributed by atoms with van der Waals surface area (Å²) in [5, 5.41) is 19.8. The number of aliphatic hydroxyl groups is 1. The van der Waals surface area contributed by atoms with Crippen molar-refractivity contribution in [2.75, 3.05) is 19.7 Å². The number of fused-ring (bicyclic) bond motifs is 1. The number of benzene rings is 2. The number of carbonyl (C=O) groups is 2. The van der Waals surface area contributed by atoms with Gasteiger partial charge in [0.15, 0.2) is 0 Å². The first-order chi connectivity index (χ1) is 16.3. The number of amides is 1. The van der Waals surface area contributed by atoms with Crippen molar-refractivity contribution in [1.29, 1.82) is 0 Å². The molecule has 9 heteroatoms.